The van der Waals surface area contributed by atoms with E-state index in [-0.39, 0.29) is 5.91 Å². The molecule has 0 radical (unpaired) electrons. The zero-order valence-electron chi connectivity index (χ0n) is 13.2. The van der Waals surface area contributed by atoms with Crippen LogP contribution in [0.15, 0.2) is 35.9 Å². The minimum atomic E-state index is -0.370. The van der Waals surface area contributed by atoms with Gasteiger partial charge in [-0.2, -0.15) is 0 Å². The average molecular weight is 292 g/mol. The van der Waals surface area contributed by atoms with E-state index in [4.69, 9.17) is 5.73 Å². The third kappa shape index (κ3) is 2.39. The summed E-state index contributed by atoms with van der Waals surface area (Å²) >= 11 is 0. The van der Waals surface area contributed by atoms with Crippen molar-refractivity contribution in [2.24, 2.45) is 5.73 Å². The van der Waals surface area contributed by atoms with Gasteiger partial charge in [0.2, 0.25) is 5.91 Å². The molecule has 2 aromatic rings. The molecule has 1 amide bonds. The minimum Gasteiger partial charge on any atom is -0.380 e. The molecule has 0 bridgehead atoms. The van der Waals surface area contributed by atoms with Crippen LogP contribution in [0, 0.1) is 20.8 Å². The largest absolute Gasteiger partial charge is 0.380 e. The Bertz CT molecular complexity index is 803. The van der Waals surface area contributed by atoms with Crippen LogP contribution < -0.4 is 11.1 Å². The van der Waals surface area contributed by atoms with Crippen molar-refractivity contribution in [2.75, 3.05) is 11.9 Å². The van der Waals surface area contributed by atoms with E-state index in [0.717, 1.165) is 16.8 Å². The normalized spacial score (nSPS) is 13.1. The zero-order valence-corrected chi connectivity index (χ0v) is 13.2. The van der Waals surface area contributed by atoms with Gasteiger partial charge in [0, 0.05) is 17.8 Å². The lowest BCUT2D eigenvalue weighted by atomic mass is 9.92. The highest BCUT2D eigenvalue weighted by Crippen LogP contribution is 2.32. The number of fused-ring (bicyclic) bond motifs is 1. The molecule has 3 nitrogen and oxygen atoms in total. The molecule has 22 heavy (non-hydrogen) atoms. The van der Waals surface area contributed by atoms with Crippen LogP contribution in [-0.4, -0.2) is 12.5 Å². The molecule has 2 aromatic carbocycles. The van der Waals surface area contributed by atoms with Crippen LogP contribution in [-0.2, 0) is 4.79 Å². The fraction of sp³-hybridized carbons (Fsp3) is 0.211. The Morgan fingerprint density at radius 3 is 2.59 bits per heavy atom. The Balaban J connectivity index is 2.11. The summed E-state index contributed by atoms with van der Waals surface area (Å²) in [7, 11) is 0. The van der Waals surface area contributed by atoms with Crippen molar-refractivity contribution < 1.29 is 4.79 Å². The molecule has 1 heterocycles. The number of hydrogen-bond donors (Lipinski definition) is 2. The molecule has 0 spiro atoms. The second-order valence-corrected chi connectivity index (χ2v) is 5.87. The first kappa shape index (κ1) is 14.4. The second-order valence-electron chi connectivity index (χ2n) is 5.87. The van der Waals surface area contributed by atoms with E-state index in [1.807, 2.05) is 6.08 Å². The number of aryl methyl sites for hydroxylation is 1. The average Bonchev–Trinajstić information content (AvgIpc) is 2.51. The molecule has 3 heteroatoms. The van der Waals surface area contributed by atoms with E-state index in [1.165, 1.54) is 22.3 Å². The van der Waals surface area contributed by atoms with E-state index >= 15 is 0 Å². The number of rotatable bonds is 2. The van der Waals surface area contributed by atoms with Crippen molar-refractivity contribution in [1.82, 2.24) is 0 Å². The lowest BCUT2D eigenvalue weighted by Gasteiger charge is -2.19. The molecule has 1 aliphatic rings. The smallest absolute Gasteiger partial charge is 0.246 e. The van der Waals surface area contributed by atoms with Gasteiger partial charge >= 0.3 is 0 Å². The Morgan fingerprint density at radius 1 is 1.09 bits per heavy atom. The van der Waals surface area contributed by atoms with Gasteiger partial charge in [0.25, 0.3) is 0 Å². The molecule has 0 aliphatic carbocycles. The van der Waals surface area contributed by atoms with Crippen LogP contribution in [0.3, 0.4) is 0 Å². The lowest BCUT2D eigenvalue weighted by molar-refractivity contribution is -0.114. The van der Waals surface area contributed by atoms with Crippen LogP contribution >= 0.6 is 0 Å². The maximum Gasteiger partial charge on any atom is 0.246 e. The third-order valence-corrected chi connectivity index (χ3v) is 4.54. The molecule has 0 unspecified atom stereocenters. The Labute approximate surface area is 130 Å². The van der Waals surface area contributed by atoms with E-state index in [0.29, 0.717) is 12.1 Å². The number of nitrogens with one attached hydrogen (secondary N) is 1. The summed E-state index contributed by atoms with van der Waals surface area (Å²) in [6.07, 6.45) is 1.88. The van der Waals surface area contributed by atoms with Gasteiger partial charge in [0.15, 0.2) is 0 Å². The van der Waals surface area contributed by atoms with Crippen LogP contribution in [0.4, 0.5) is 5.69 Å². The summed E-state index contributed by atoms with van der Waals surface area (Å²) in [6, 6.07) is 10.6. The number of amides is 1. The maximum absolute atomic E-state index is 11.4. The monoisotopic (exact) mass is 292 g/mol. The third-order valence-electron chi connectivity index (χ3n) is 4.54. The molecular weight excluding hydrogens is 272 g/mol. The SMILES string of the molecule is Cc1ccc(-c2ccc3c(c2)C=C(C(N)=O)CN3)c(C)c1C. The van der Waals surface area contributed by atoms with Gasteiger partial charge in [-0.1, -0.05) is 18.2 Å². The van der Waals surface area contributed by atoms with Crippen molar-refractivity contribution in [3.63, 3.8) is 0 Å². The molecule has 0 fully saturated rings. The number of carbonyl (C=O) groups is 1. The molecule has 3 rings (SSSR count). The topological polar surface area (TPSA) is 55.1 Å². The Morgan fingerprint density at radius 2 is 1.86 bits per heavy atom. The molecular formula is C19H20N2O. The van der Waals surface area contributed by atoms with Gasteiger partial charge in [0.05, 0.1) is 0 Å². The van der Waals surface area contributed by atoms with Crippen LogP contribution in [0.5, 0.6) is 0 Å². The number of benzene rings is 2. The molecule has 0 aromatic heterocycles. The first-order valence-electron chi connectivity index (χ1n) is 7.43. The molecule has 1 aliphatic heterocycles. The quantitative estimate of drug-likeness (QED) is 0.889. The summed E-state index contributed by atoms with van der Waals surface area (Å²) in [6.45, 7) is 6.92. The first-order chi connectivity index (χ1) is 10.5. The van der Waals surface area contributed by atoms with Gasteiger partial charge in [-0.15, -0.1) is 0 Å². The van der Waals surface area contributed by atoms with E-state index in [9.17, 15) is 4.79 Å². The predicted octanol–water partition coefficient (Wildman–Crippen LogP) is 3.57. The number of hydrogen-bond acceptors (Lipinski definition) is 2. The molecule has 0 atom stereocenters. The van der Waals surface area contributed by atoms with Crippen LogP contribution in [0.2, 0.25) is 0 Å². The number of anilines is 1. The molecule has 3 N–H and O–H groups in total. The van der Waals surface area contributed by atoms with E-state index in [1.54, 1.807) is 0 Å². The summed E-state index contributed by atoms with van der Waals surface area (Å²) in [5, 5.41) is 3.24. The summed E-state index contributed by atoms with van der Waals surface area (Å²) in [5.41, 5.74) is 14.3. The van der Waals surface area contributed by atoms with Gasteiger partial charge in [-0.25, -0.2) is 0 Å². The summed E-state index contributed by atoms with van der Waals surface area (Å²) < 4.78 is 0. The zero-order chi connectivity index (χ0) is 15.9. The van der Waals surface area contributed by atoms with Gasteiger partial charge in [0.1, 0.15) is 0 Å². The van der Waals surface area contributed by atoms with Crippen molar-refractivity contribution >= 4 is 17.7 Å². The highest BCUT2D eigenvalue weighted by Gasteiger charge is 2.14. The van der Waals surface area contributed by atoms with Crippen LogP contribution in [0.25, 0.3) is 17.2 Å². The maximum atomic E-state index is 11.4. The minimum absolute atomic E-state index is 0.370. The van der Waals surface area contributed by atoms with E-state index < -0.39 is 0 Å². The molecule has 112 valence electrons. The van der Waals surface area contributed by atoms with Crippen molar-refractivity contribution in [3.05, 3.63) is 58.2 Å². The van der Waals surface area contributed by atoms with E-state index in [2.05, 4.69) is 56.4 Å². The number of primary amides is 1. The van der Waals surface area contributed by atoms with Crippen molar-refractivity contribution in [3.8, 4) is 11.1 Å². The number of carbonyl (C=O) groups excluding carboxylic acids is 1. The lowest BCUT2D eigenvalue weighted by Crippen LogP contribution is -2.22. The Hall–Kier alpha value is -2.55. The fourth-order valence-electron chi connectivity index (χ4n) is 2.87. The number of nitrogens with two attached hydrogens (primary N) is 1. The van der Waals surface area contributed by atoms with Gasteiger partial charge in [-0.05, 0) is 72.4 Å². The standard InChI is InChI=1S/C19H20N2O/c1-11-4-6-17(13(3)12(11)2)14-5-7-18-15(8-14)9-16(10-21-18)19(20)22/h4-9,21H,10H2,1-3H3,(H2,20,22). The van der Waals surface area contributed by atoms with Crippen molar-refractivity contribution in [2.45, 2.75) is 20.8 Å². The first-order valence-corrected chi connectivity index (χ1v) is 7.43. The summed E-state index contributed by atoms with van der Waals surface area (Å²) in [5.74, 6) is -0.370. The van der Waals surface area contributed by atoms with Crippen molar-refractivity contribution in [1.29, 1.82) is 0 Å². The molecule has 0 saturated carbocycles. The van der Waals surface area contributed by atoms with Gasteiger partial charge < -0.3 is 11.1 Å². The highest BCUT2D eigenvalue weighted by molar-refractivity contribution is 6.00. The molecule has 0 saturated heterocycles. The predicted molar refractivity (Wildman–Crippen MR) is 91.8 cm³/mol. The van der Waals surface area contributed by atoms with Crippen LogP contribution in [0.1, 0.15) is 22.3 Å². The second kappa shape index (κ2) is 5.34. The van der Waals surface area contributed by atoms with Gasteiger partial charge in [-0.3, -0.25) is 4.79 Å². The fourth-order valence-corrected chi connectivity index (χ4v) is 2.87. The Kier molecular flexibility index (Phi) is 3.49. The highest BCUT2D eigenvalue weighted by atomic mass is 16.1. The summed E-state index contributed by atoms with van der Waals surface area (Å²) in [4.78, 5) is 11.4.